The van der Waals surface area contributed by atoms with E-state index in [4.69, 9.17) is 5.26 Å². The molecule has 0 spiro atoms. The van der Waals surface area contributed by atoms with Crippen LogP contribution in [0.4, 0.5) is 11.4 Å². The van der Waals surface area contributed by atoms with Crippen molar-refractivity contribution in [3.05, 3.63) is 89.7 Å². The summed E-state index contributed by atoms with van der Waals surface area (Å²) in [7, 11) is 1.97. The van der Waals surface area contributed by atoms with E-state index in [0.717, 1.165) is 12.2 Å². The number of amides is 1. The zero-order chi connectivity index (χ0) is 18.4. The summed E-state index contributed by atoms with van der Waals surface area (Å²) in [6.45, 7) is 0.732. The maximum atomic E-state index is 12.5. The van der Waals surface area contributed by atoms with Crippen LogP contribution in [0.3, 0.4) is 0 Å². The van der Waals surface area contributed by atoms with E-state index in [-0.39, 0.29) is 5.91 Å². The normalized spacial score (nSPS) is 10.0. The van der Waals surface area contributed by atoms with Crippen LogP contribution >= 0.6 is 0 Å². The molecule has 0 radical (unpaired) electrons. The maximum Gasteiger partial charge on any atom is 0.274 e. The number of hydrogen-bond acceptors (Lipinski definition) is 4. The van der Waals surface area contributed by atoms with Crippen LogP contribution in [0.25, 0.3) is 0 Å². The van der Waals surface area contributed by atoms with Crippen LogP contribution in [-0.4, -0.2) is 17.9 Å². The second-order valence-electron chi connectivity index (χ2n) is 5.89. The molecule has 0 aliphatic heterocycles. The predicted octanol–water partition coefficient (Wildman–Crippen LogP) is 3.84. The van der Waals surface area contributed by atoms with E-state index in [2.05, 4.69) is 33.4 Å². The molecule has 0 saturated carbocycles. The van der Waals surface area contributed by atoms with Crippen molar-refractivity contribution in [1.82, 2.24) is 4.98 Å². The Bertz CT molecular complexity index is 947. The van der Waals surface area contributed by atoms with Crippen LogP contribution in [0.2, 0.25) is 0 Å². The van der Waals surface area contributed by atoms with Gasteiger partial charge in [-0.05, 0) is 35.9 Å². The average Bonchev–Trinajstić information content (AvgIpc) is 2.69. The van der Waals surface area contributed by atoms with E-state index in [1.807, 2.05) is 31.3 Å². The summed E-state index contributed by atoms with van der Waals surface area (Å²) in [5.41, 5.74) is 3.47. The Morgan fingerprint density at radius 2 is 1.92 bits per heavy atom. The molecule has 3 rings (SSSR count). The van der Waals surface area contributed by atoms with Gasteiger partial charge in [0.1, 0.15) is 5.69 Å². The fourth-order valence-corrected chi connectivity index (χ4v) is 2.59. The van der Waals surface area contributed by atoms with Crippen molar-refractivity contribution >= 4 is 17.3 Å². The van der Waals surface area contributed by atoms with Gasteiger partial charge in [-0.1, -0.05) is 36.4 Å². The number of carbonyl (C=O) groups excluding carboxylic acids is 1. The molecule has 2 aromatic carbocycles. The number of anilines is 2. The molecule has 0 bridgehead atoms. The van der Waals surface area contributed by atoms with E-state index in [9.17, 15) is 4.79 Å². The number of benzene rings is 2. The van der Waals surface area contributed by atoms with Gasteiger partial charge in [-0.25, -0.2) is 0 Å². The first-order valence-electron chi connectivity index (χ1n) is 8.18. The number of aromatic nitrogens is 1. The van der Waals surface area contributed by atoms with Crippen LogP contribution in [0, 0.1) is 11.3 Å². The molecule has 0 unspecified atom stereocenters. The lowest BCUT2D eigenvalue weighted by molar-refractivity contribution is 0.102. The van der Waals surface area contributed by atoms with Gasteiger partial charge in [0, 0.05) is 31.2 Å². The number of nitrogens with one attached hydrogen (secondary N) is 1. The zero-order valence-electron chi connectivity index (χ0n) is 14.4. The molecule has 1 amide bonds. The average molecular weight is 342 g/mol. The number of pyridine rings is 1. The minimum absolute atomic E-state index is 0.310. The summed E-state index contributed by atoms with van der Waals surface area (Å²) in [6, 6.07) is 22.6. The molecule has 1 heterocycles. The van der Waals surface area contributed by atoms with Gasteiger partial charge in [0.25, 0.3) is 5.91 Å². The number of rotatable bonds is 5. The van der Waals surface area contributed by atoms with Crippen molar-refractivity contribution in [1.29, 1.82) is 5.26 Å². The molecule has 3 aromatic rings. The highest BCUT2D eigenvalue weighted by atomic mass is 16.1. The molecule has 5 nitrogen and oxygen atoms in total. The molecule has 0 aliphatic carbocycles. The highest BCUT2D eigenvalue weighted by molar-refractivity contribution is 6.03. The maximum absolute atomic E-state index is 12.5. The van der Waals surface area contributed by atoms with E-state index >= 15 is 0 Å². The molecule has 1 N–H and O–H groups in total. The molecule has 0 saturated heterocycles. The molecule has 1 aromatic heterocycles. The Kier molecular flexibility index (Phi) is 5.25. The van der Waals surface area contributed by atoms with Gasteiger partial charge in [-0.15, -0.1) is 0 Å². The monoisotopic (exact) mass is 342 g/mol. The molecule has 0 fully saturated rings. The predicted molar refractivity (Wildman–Crippen MR) is 102 cm³/mol. The van der Waals surface area contributed by atoms with Crippen molar-refractivity contribution < 1.29 is 4.79 Å². The van der Waals surface area contributed by atoms with Crippen molar-refractivity contribution in [2.24, 2.45) is 0 Å². The zero-order valence-corrected chi connectivity index (χ0v) is 14.4. The third kappa shape index (κ3) is 4.25. The minimum atomic E-state index is -0.310. The molecule has 128 valence electrons. The highest BCUT2D eigenvalue weighted by Gasteiger charge is 2.11. The molecule has 0 aliphatic rings. The first kappa shape index (κ1) is 17.2. The van der Waals surface area contributed by atoms with Crippen LogP contribution in [0.5, 0.6) is 0 Å². The third-order valence-electron chi connectivity index (χ3n) is 3.93. The van der Waals surface area contributed by atoms with E-state index in [1.54, 1.807) is 36.5 Å². The van der Waals surface area contributed by atoms with Crippen molar-refractivity contribution in [3.63, 3.8) is 0 Å². The topological polar surface area (TPSA) is 69.0 Å². The largest absolute Gasteiger partial charge is 0.370 e. The Morgan fingerprint density at radius 3 is 2.69 bits per heavy atom. The van der Waals surface area contributed by atoms with Crippen molar-refractivity contribution in [3.8, 4) is 6.07 Å². The van der Waals surface area contributed by atoms with Crippen LogP contribution in [0.15, 0.2) is 72.9 Å². The van der Waals surface area contributed by atoms with Crippen molar-refractivity contribution in [2.45, 2.75) is 6.54 Å². The number of carbonyl (C=O) groups is 1. The van der Waals surface area contributed by atoms with Gasteiger partial charge in [0.05, 0.1) is 11.6 Å². The van der Waals surface area contributed by atoms with E-state index in [0.29, 0.717) is 16.9 Å². The summed E-state index contributed by atoms with van der Waals surface area (Å²) in [5, 5.41) is 11.7. The summed E-state index contributed by atoms with van der Waals surface area (Å²) in [6.07, 6.45) is 1.62. The number of hydrogen-bond donors (Lipinski definition) is 1. The SMILES string of the molecule is CN(Cc1ccccc1)c1ccnc(C(=O)Nc2cccc(C#N)c2)c1. The minimum Gasteiger partial charge on any atom is -0.370 e. The number of nitriles is 1. The van der Waals surface area contributed by atoms with Gasteiger partial charge in [-0.2, -0.15) is 5.26 Å². The van der Waals surface area contributed by atoms with Gasteiger partial charge in [0.15, 0.2) is 0 Å². The van der Waals surface area contributed by atoms with E-state index in [1.165, 1.54) is 5.56 Å². The lowest BCUT2D eigenvalue weighted by atomic mass is 10.2. The Labute approximate surface area is 152 Å². The Balaban J connectivity index is 1.73. The first-order valence-corrected chi connectivity index (χ1v) is 8.18. The second kappa shape index (κ2) is 7.95. The van der Waals surface area contributed by atoms with Gasteiger partial charge in [0.2, 0.25) is 0 Å². The standard InChI is InChI=1S/C21H18N4O/c1-25(15-16-6-3-2-4-7-16)19-10-11-23-20(13-19)21(26)24-18-9-5-8-17(12-18)14-22/h2-13H,15H2,1H3,(H,24,26). The third-order valence-corrected chi connectivity index (χ3v) is 3.93. The summed E-state index contributed by atoms with van der Waals surface area (Å²) < 4.78 is 0. The lowest BCUT2D eigenvalue weighted by Crippen LogP contribution is -2.18. The molecular formula is C21H18N4O. The summed E-state index contributed by atoms with van der Waals surface area (Å²) >= 11 is 0. The number of nitrogens with zero attached hydrogens (tertiary/aromatic N) is 3. The van der Waals surface area contributed by atoms with Crippen LogP contribution < -0.4 is 10.2 Å². The molecule has 5 heteroatoms. The van der Waals surface area contributed by atoms with Gasteiger partial charge < -0.3 is 10.2 Å². The lowest BCUT2D eigenvalue weighted by Gasteiger charge is -2.19. The fourth-order valence-electron chi connectivity index (χ4n) is 2.59. The summed E-state index contributed by atoms with van der Waals surface area (Å²) in [5.74, 6) is -0.310. The Morgan fingerprint density at radius 1 is 1.12 bits per heavy atom. The fraction of sp³-hybridized carbons (Fsp3) is 0.0952. The summed E-state index contributed by atoms with van der Waals surface area (Å²) in [4.78, 5) is 18.7. The Hall–Kier alpha value is -3.65. The van der Waals surface area contributed by atoms with Crippen molar-refractivity contribution in [2.75, 3.05) is 17.3 Å². The smallest absolute Gasteiger partial charge is 0.274 e. The van der Waals surface area contributed by atoms with Gasteiger partial charge in [-0.3, -0.25) is 9.78 Å². The second-order valence-corrected chi connectivity index (χ2v) is 5.89. The molecule has 0 atom stereocenters. The highest BCUT2D eigenvalue weighted by Crippen LogP contribution is 2.17. The van der Waals surface area contributed by atoms with Crippen LogP contribution in [-0.2, 0) is 6.54 Å². The first-order chi connectivity index (χ1) is 12.7. The molecular weight excluding hydrogens is 324 g/mol. The van der Waals surface area contributed by atoms with Crippen LogP contribution in [0.1, 0.15) is 21.6 Å². The van der Waals surface area contributed by atoms with E-state index < -0.39 is 0 Å². The van der Waals surface area contributed by atoms with Gasteiger partial charge >= 0.3 is 0 Å². The molecule has 26 heavy (non-hydrogen) atoms. The quantitative estimate of drug-likeness (QED) is 0.765.